The fourth-order valence-electron chi connectivity index (χ4n) is 4.79. The Morgan fingerprint density at radius 1 is 1.23 bits per heavy atom. The number of rotatable bonds is 10. The molecule has 0 bridgehead atoms. The molecule has 6 nitrogen and oxygen atoms in total. The third kappa shape index (κ3) is 8.83. The highest BCUT2D eigenvalue weighted by molar-refractivity contribution is 5.42. The summed E-state index contributed by atoms with van der Waals surface area (Å²) in [5, 5.41) is 34.9. The molecule has 6 heteroatoms. The van der Waals surface area contributed by atoms with Gasteiger partial charge in [-0.1, -0.05) is 37.8 Å². The number of aryl methyl sites for hydroxylation is 1. The number of dihydropyridines is 1. The minimum absolute atomic E-state index is 0.114. The number of nitrogens with two attached hydrogens (primary N) is 1. The number of aliphatic hydroxyl groups is 2. The number of allylic oxidation sites excluding steroid dienone is 2. The van der Waals surface area contributed by atoms with Crippen LogP contribution < -0.4 is 15.8 Å². The predicted molar refractivity (Wildman–Crippen MR) is 140 cm³/mol. The molecule has 1 aromatic carbocycles. The predicted octanol–water partition coefficient (Wildman–Crippen LogP) is 4.15. The van der Waals surface area contributed by atoms with Crippen LogP contribution in [0.1, 0.15) is 70.3 Å². The third-order valence-electron chi connectivity index (χ3n) is 7.06. The van der Waals surface area contributed by atoms with E-state index in [4.69, 9.17) is 10.5 Å². The van der Waals surface area contributed by atoms with Crippen molar-refractivity contribution >= 4 is 0 Å². The summed E-state index contributed by atoms with van der Waals surface area (Å²) in [6, 6.07) is 5.35. The van der Waals surface area contributed by atoms with Crippen LogP contribution in [0.25, 0.3) is 0 Å². The molecule has 1 heterocycles. The monoisotopic (exact) mass is 482 g/mol. The molecule has 1 aromatic rings. The molecule has 0 fully saturated rings. The fraction of sp³-hybridized carbons (Fsp3) is 0.586. The standard InChI is InChI=1S/C29H42N2O4/c1-2-21-7-3-4-11-25(32)24(10-5-8-21)26(33)14-12-23-13-15-27(34)28(19-23)35-18-6-9-22-16-17-31-29(30)20-22/h13,15-16,19-21,24-26,31-34H,2-4,6-7,9-12,14,17-18,30H2,1H3/t21-,24+,25+,26-/m1/s1. The van der Waals surface area contributed by atoms with Crippen LogP contribution in [-0.4, -0.2) is 40.7 Å². The molecular formula is C29H42N2O4. The first kappa shape index (κ1) is 27.0. The number of ether oxygens (including phenoxy) is 1. The number of nitrogens with one attached hydrogen (secondary N) is 1. The van der Waals surface area contributed by atoms with Crippen LogP contribution in [0.4, 0.5) is 0 Å². The van der Waals surface area contributed by atoms with E-state index >= 15 is 0 Å². The van der Waals surface area contributed by atoms with Gasteiger partial charge in [-0.05, 0) is 74.3 Å². The smallest absolute Gasteiger partial charge is 0.161 e. The molecule has 2 aliphatic rings. The van der Waals surface area contributed by atoms with E-state index in [-0.39, 0.29) is 11.7 Å². The van der Waals surface area contributed by atoms with Gasteiger partial charge in [0.05, 0.1) is 24.6 Å². The molecule has 3 rings (SSSR count). The zero-order valence-electron chi connectivity index (χ0n) is 21.0. The van der Waals surface area contributed by atoms with E-state index in [0.29, 0.717) is 49.8 Å². The lowest BCUT2D eigenvalue weighted by atomic mass is 9.85. The van der Waals surface area contributed by atoms with Crippen molar-refractivity contribution in [3.63, 3.8) is 0 Å². The summed E-state index contributed by atoms with van der Waals surface area (Å²) in [7, 11) is 0. The minimum Gasteiger partial charge on any atom is -0.504 e. The Kier molecular flexibility index (Phi) is 10.8. The van der Waals surface area contributed by atoms with Crippen molar-refractivity contribution in [3.05, 3.63) is 47.3 Å². The largest absolute Gasteiger partial charge is 0.504 e. The van der Waals surface area contributed by atoms with Crippen molar-refractivity contribution in [2.45, 2.75) is 83.3 Å². The normalized spacial score (nSPS) is 23.7. The van der Waals surface area contributed by atoms with Gasteiger partial charge in [0.15, 0.2) is 11.5 Å². The first-order valence-corrected chi connectivity index (χ1v) is 13.2. The van der Waals surface area contributed by atoms with Gasteiger partial charge in [0.1, 0.15) is 0 Å². The van der Waals surface area contributed by atoms with E-state index < -0.39 is 12.2 Å². The van der Waals surface area contributed by atoms with Gasteiger partial charge in [-0.2, -0.15) is 0 Å². The van der Waals surface area contributed by atoms with Gasteiger partial charge in [-0.15, -0.1) is 5.92 Å². The molecule has 35 heavy (non-hydrogen) atoms. The Morgan fingerprint density at radius 3 is 2.86 bits per heavy atom. The van der Waals surface area contributed by atoms with Crippen LogP contribution in [-0.2, 0) is 6.42 Å². The summed E-state index contributed by atoms with van der Waals surface area (Å²) in [4.78, 5) is 0. The molecule has 1 aliphatic heterocycles. The lowest BCUT2D eigenvalue weighted by Gasteiger charge is -2.27. The SMILES string of the molecule is CC[C@H]1C#CC[C@H]([C@H](O)CCc2ccc(O)c(OCCCC3=CCNC(N)=C3)c2)[C@@H](O)CCCC1. The molecule has 0 spiro atoms. The molecule has 0 radical (unpaired) electrons. The van der Waals surface area contributed by atoms with Crippen LogP contribution in [0.15, 0.2) is 41.7 Å². The van der Waals surface area contributed by atoms with Crippen molar-refractivity contribution in [2.75, 3.05) is 13.2 Å². The Bertz CT molecular complexity index is 930. The van der Waals surface area contributed by atoms with Crippen molar-refractivity contribution in [2.24, 2.45) is 17.6 Å². The van der Waals surface area contributed by atoms with Gasteiger partial charge in [0.25, 0.3) is 0 Å². The topological polar surface area (TPSA) is 108 Å². The van der Waals surface area contributed by atoms with Gasteiger partial charge >= 0.3 is 0 Å². The van der Waals surface area contributed by atoms with Crippen molar-refractivity contribution in [1.29, 1.82) is 0 Å². The van der Waals surface area contributed by atoms with Gasteiger partial charge in [0, 0.05) is 24.8 Å². The summed E-state index contributed by atoms with van der Waals surface area (Å²) in [5.41, 5.74) is 7.98. The Hall–Kier alpha value is -2.62. The van der Waals surface area contributed by atoms with Gasteiger partial charge in [-0.3, -0.25) is 0 Å². The van der Waals surface area contributed by atoms with E-state index in [1.165, 1.54) is 5.57 Å². The van der Waals surface area contributed by atoms with Crippen LogP contribution in [0.2, 0.25) is 0 Å². The maximum Gasteiger partial charge on any atom is 0.161 e. The average molecular weight is 483 g/mol. The summed E-state index contributed by atoms with van der Waals surface area (Å²) < 4.78 is 5.85. The highest BCUT2D eigenvalue weighted by Crippen LogP contribution is 2.29. The van der Waals surface area contributed by atoms with E-state index in [1.807, 2.05) is 18.2 Å². The minimum atomic E-state index is -0.629. The second kappa shape index (κ2) is 14.1. The van der Waals surface area contributed by atoms with E-state index in [0.717, 1.165) is 50.6 Å². The number of benzene rings is 1. The number of hydrogen-bond donors (Lipinski definition) is 5. The van der Waals surface area contributed by atoms with Crippen LogP contribution >= 0.6 is 0 Å². The highest BCUT2D eigenvalue weighted by atomic mass is 16.5. The van der Waals surface area contributed by atoms with E-state index in [2.05, 4.69) is 30.2 Å². The average Bonchev–Trinajstić information content (AvgIpc) is 2.85. The summed E-state index contributed by atoms with van der Waals surface area (Å²) in [6.45, 7) is 3.41. The van der Waals surface area contributed by atoms with Gasteiger partial charge < -0.3 is 31.1 Å². The number of aromatic hydroxyl groups is 1. The van der Waals surface area contributed by atoms with E-state index in [9.17, 15) is 15.3 Å². The molecule has 6 N–H and O–H groups in total. The third-order valence-corrected chi connectivity index (χ3v) is 7.06. The molecular weight excluding hydrogens is 440 g/mol. The van der Waals surface area contributed by atoms with Crippen molar-refractivity contribution in [1.82, 2.24) is 5.32 Å². The summed E-state index contributed by atoms with van der Waals surface area (Å²) in [5.74, 6) is 8.04. The lowest BCUT2D eigenvalue weighted by Crippen LogP contribution is -2.32. The first-order valence-electron chi connectivity index (χ1n) is 13.2. The number of aliphatic hydroxyl groups excluding tert-OH is 2. The Balaban J connectivity index is 1.51. The van der Waals surface area contributed by atoms with Crippen LogP contribution in [0, 0.1) is 23.7 Å². The molecule has 0 unspecified atom stereocenters. The van der Waals surface area contributed by atoms with Crippen LogP contribution in [0.5, 0.6) is 11.5 Å². The maximum absolute atomic E-state index is 10.9. The number of phenolic OH excluding ortho intramolecular Hbond substituents is 1. The van der Waals surface area contributed by atoms with Crippen LogP contribution in [0.3, 0.4) is 0 Å². The summed E-state index contributed by atoms with van der Waals surface area (Å²) >= 11 is 0. The maximum atomic E-state index is 10.9. The quantitative estimate of drug-likeness (QED) is 0.253. The Morgan fingerprint density at radius 2 is 2.06 bits per heavy atom. The van der Waals surface area contributed by atoms with Gasteiger partial charge in [0.2, 0.25) is 0 Å². The molecule has 192 valence electrons. The molecule has 0 aromatic heterocycles. The molecule has 4 atom stereocenters. The second-order valence-electron chi connectivity index (χ2n) is 9.77. The molecule has 0 amide bonds. The number of phenols is 1. The highest BCUT2D eigenvalue weighted by Gasteiger charge is 2.26. The number of hydrogen-bond acceptors (Lipinski definition) is 6. The molecule has 0 saturated heterocycles. The second-order valence-corrected chi connectivity index (χ2v) is 9.77. The van der Waals surface area contributed by atoms with Crippen molar-refractivity contribution in [3.8, 4) is 23.3 Å². The van der Waals surface area contributed by atoms with Gasteiger partial charge in [-0.25, -0.2) is 0 Å². The molecule has 0 saturated carbocycles. The zero-order chi connectivity index (χ0) is 25.0. The van der Waals surface area contributed by atoms with Crippen molar-refractivity contribution < 1.29 is 20.1 Å². The lowest BCUT2D eigenvalue weighted by molar-refractivity contribution is 0.00560. The van der Waals surface area contributed by atoms with E-state index in [1.54, 1.807) is 6.07 Å². The summed E-state index contributed by atoms with van der Waals surface area (Å²) in [6.07, 6.45) is 11.2. The first-order chi connectivity index (χ1) is 17.0. The Labute approximate surface area is 210 Å². The fourth-order valence-corrected chi connectivity index (χ4v) is 4.79. The molecule has 1 aliphatic carbocycles. The zero-order valence-corrected chi connectivity index (χ0v) is 21.0.